The monoisotopic (exact) mass is 194 g/mol. The summed E-state index contributed by atoms with van der Waals surface area (Å²) in [5, 5.41) is 4.30. The smallest absolute Gasteiger partial charge is 0.120 e. The predicted molar refractivity (Wildman–Crippen MR) is 56.2 cm³/mol. The van der Waals surface area contributed by atoms with Crippen LogP contribution in [0.2, 0.25) is 0 Å². The maximum atomic E-state index is 10.6. The molecule has 0 radical (unpaired) electrons. The van der Waals surface area contributed by atoms with Crippen LogP contribution in [0.1, 0.15) is 37.6 Å². The molecular weight excluding hydrogens is 176 g/mol. The first-order valence-electron chi connectivity index (χ1n) is 5.00. The van der Waals surface area contributed by atoms with Gasteiger partial charge < -0.3 is 4.79 Å². The van der Waals surface area contributed by atoms with Crippen molar-refractivity contribution in [3.8, 4) is 0 Å². The summed E-state index contributed by atoms with van der Waals surface area (Å²) in [4.78, 5) is 10.6. The zero-order chi connectivity index (χ0) is 10.7. The maximum Gasteiger partial charge on any atom is 0.120 e. The van der Waals surface area contributed by atoms with Crippen molar-refractivity contribution in [3.05, 3.63) is 17.5 Å². The molecule has 14 heavy (non-hydrogen) atoms. The van der Waals surface area contributed by atoms with Crippen LogP contribution >= 0.6 is 0 Å². The van der Waals surface area contributed by atoms with E-state index >= 15 is 0 Å². The zero-order valence-electron chi connectivity index (χ0n) is 9.32. The molecule has 0 aliphatic rings. The Balaban J connectivity index is 2.97. The number of aromatic nitrogens is 2. The van der Waals surface area contributed by atoms with E-state index in [9.17, 15) is 4.79 Å². The van der Waals surface area contributed by atoms with Gasteiger partial charge in [-0.05, 0) is 18.9 Å². The average Bonchev–Trinajstić information content (AvgIpc) is 2.40. The van der Waals surface area contributed by atoms with E-state index in [1.807, 2.05) is 18.7 Å². The number of hydrogen-bond acceptors (Lipinski definition) is 2. The van der Waals surface area contributed by atoms with Gasteiger partial charge in [-0.15, -0.1) is 0 Å². The van der Waals surface area contributed by atoms with E-state index in [0.717, 1.165) is 17.7 Å². The van der Waals surface area contributed by atoms with Crippen LogP contribution in [0.5, 0.6) is 0 Å². The molecule has 1 aromatic heterocycles. The predicted octanol–water partition coefficient (Wildman–Crippen LogP) is 2.06. The Labute approximate surface area is 85.1 Å². The highest BCUT2D eigenvalue weighted by atomic mass is 16.1. The molecule has 0 aliphatic heterocycles. The molecule has 0 N–H and O–H groups in total. The number of aldehydes is 1. The SMILES string of the molecule is Cc1cc(C(CC=O)C(C)C)n(C)n1. The molecule has 1 heterocycles. The number of carbonyl (C=O) groups excluding carboxylic acids is 1. The van der Waals surface area contributed by atoms with E-state index in [4.69, 9.17) is 0 Å². The van der Waals surface area contributed by atoms with Crippen molar-refractivity contribution >= 4 is 6.29 Å². The summed E-state index contributed by atoms with van der Waals surface area (Å²) in [6.45, 7) is 6.24. The Morgan fingerprint density at radius 3 is 2.57 bits per heavy atom. The van der Waals surface area contributed by atoms with Gasteiger partial charge in [-0.25, -0.2) is 0 Å². The molecule has 78 valence electrons. The number of hydrogen-bond donors (Lipinski definition) is 0. The van der Waals surface area contributed by atoms with Crippen LogP contribution in [0.15, 0.2) is 6.07 Å². The molecule has 1 aromatic rings. The number of aryl methyl sites for hydroxylation is 2. The second kappa shape index (κ2) is 4.40. The lowest BCUT2D eigenvalue weighted by Gasteiger charge is -2.18. The van der Waals surface area contributed by atoms with Gasteiger partial charge in [0.1, 0.15) is 6.29 Å². The second-order valence-electron chi connectivity index (χ2n) is 4.09. The van der Waals surface area contributed by atoms with Crippen molar-refractivity contribution in [3.63, 3.8) is 0 Å². The van der Waals surface area contributed by atoms with Crippen molar-refractivity contribution < 1.29 is 4.79 Å². The van der Waals surface area contributed by atoms with Gasteiger partial charge in [0.15, 0.2) is 0 Å². The van der Waals surface area contributed by atoms with Gasteiger partial charge >= 0.3 is 0 Å². The maximum absolute atomic E-state index is 10.6. The number of carbonyl (C=O) groups is 1. The van der Waals surface area contributed by atoms with Crippen molar-refractivity contribution in [1.82, 2.24) is 9.78 Å². The summed E-state index contributed by atoms with van der Waals surface area (Å²) < 4.78 is 1.88. The molecular formula is C11H18N2O. The van der Waals surface area contributed by atoms with E-state index < -0.39 is 0 Å². The Bertz CT molecular complexity index is 315. The highest BCUT2D eigenvalue weighted by Gasteiger charge is 2.19. The van der Waals surface area contributed by atoms with Gasteiger partial charge in [-0.1, -0.05) is 13.8 Å². The Kier molecular flexibility index (Phi) is 3.44. The summed E-state index contributed by atoms with van der Waals surface area (Å²) >= 11 is 0. The quantitative estimate of drug-likeness (QED) is 0.688. The van der Waals surface area contributed by atoms with Crippen molar-refractivity contribution in [2.24, 2.45) is 13.0 Å². The summed E-state index contributed by atoms with van der Waals surface area (Å²) in [5.41, 5.74) is 2.17. The zero-order valence-corrected chi connectivity index (χ0v) is 9.32. The molecule has 0 spiro atoms. The van der Waals surface area contributed by atoms with Gasteiger partial charge in [-0.2, -0.15) is 5.10 Å². The Morgan fingerprint density at radius 2 is 2.21 bits per heavy atom. The van der Waals surface area contributed by atoms with Crippen LogP contribution in [-0.4, -0.2) is 16.1 Å². The van der Waals surface area contributed by atoms with Gasteiger partial charge in [0.2, 0.25) is 0 Å². The molecule has 0 saturated heterocycles. The fourth-order valence-electron chi connectivity index (χ4n) is 1.82. The van der Waals surface area contributed by atoms with Crippen molar-refractivity contribution in [2.45, 2.75) is 33.1 Å². The third-order valence-electron chi connectivity index (χ3n) is 2.57. The minimum Gasteiger partial charge on any atom is -0.303 e. The fraction of sp³-hybridized carbons (Fsp3) is 0.636. The minimum absolute atomic E-state index is 0.290. The van der Waals surface area contributed by atoms with Crippen molar-refractivity contribution in [1.29, 1.82) is 0 Å². The molecule has 1 unspecified atom stereocenters. The number of rotatable bonds is 4. The summed E-state index contributed by atoms with van der Waals surface area (Å²) in [6, 6.07) is 2.06. The van der Waals surface area contributed by atoms with Gasteiger partial charge in [0.25, 0.3) is 0 Å². The highest BCUT2D eigenvalue weighted by Crippen LogP contribution is 2.26. The normalized spacial score (nSPS) is 13.2. The highest BCUT2D eigenvalue weighted by molar-refractivity contribution is 5.51. The largest absolute Gasteiger partial charge is 0.303 e. The molecule has 0 aliphatic carbocycles. The van der Waals surface area contributed by atoms with E-state index in [-0.39, 0.29) is 0 Å². The van der Waals surface area contributed by atoms with E-state index in [1.165, 1.54) is 0 Å². The van der Waals surface area contributed by atoms with Crippen LogP contribution in [0.25, 0.3) is 0 Å². The van der Waals surface area contributed by atoms with E-state index in [0.29, 0.717) is 18.3 Å². The van der Waals surface area contributed by atoms with Crippen LogP contribution in [0.3, 0.4) is 0 Å². The summed E-state index contributed by atoms with van der Waals surface area (Å²) in [6.07, 6.45) is 1.57. The third kappa shape index (κ3) is 2.22. The third-order valence-corrected chi connectivity index (χ3v) is 2.57. The first kappa shape index (κ1) is 11.0. The minimum atomic E-state index is 0.290. The molecule has 3 nitrogen and oxygen atoms in total. The first-order valence-corrected chi connectivity index (χ1v) is 5.00. The average molecular weight is 194 g/mol. The lowest BCUT2D eigenvalue weighted by Crippen LogP contribution is -2.12. The molecule has 1 atom stereocenters. The van der Waals surface area contributed by atoms with Crippen LogP contribution < -0.4 is 0 Å². The topological polar surface area (TPSA) is 34.9 Å². The standard InChI is InChI=1S/C11H18N2O/c1-8(2)10(5-6-14)11-7-9(3)12-13(11)4/h6-8,10H,5H2,1-4H3. The van der Waals surface area contributed by atoms with Gasteiger partial charge in [0, 0.05) is 25.1 Å². The molecule has 0 aromatic carbocycles. The first-order chi connectivity index (χ1) is 6.56. The molecule has 1 rings (SSSR count). The fourth-order valence-corrected chi connectivity index (χ4v) is 1.82. The molecule has 3 heteroatoms. The molecule has 0 amide bonds. The lowest BCUT2D eigenvalue weighted by molar-refractivity contribution is -0.108. The van der Waals surface area contributed by atoms with Crippen LogP contribution in [0.4, 0.5) is 0 Å². The van der Waals surface area contributed by atoms with Gasteiger partial charge in [-0.3, -0.25) is 4.68 Å². The molecule has 0 saturated carbocycles. The number of nitrogens with zero attached hydrogens (tertiary/aromatic N) is 2. The summed E-state index contributed by atoms with van der Waals surface area (Å²) in [7, 11) is 1.93. The Morgan fingerprint density at radius 1 is 1.57 bits per heavy atom. The molecule has 0 bridgehead atoms. The summed E-state index contributed by atoms with van der Waals surface area (Å²) in [5.74, 6) is 0.758. The molecule has 0 fully saturated rings. The van der Waals surface area contributed by atoms with E-state index in [2.05, 4.69) is 25.0 Å². The van der Waals surface area contributed by atoms with Gasteiger partial charge in [0.05, 0.1) is 5.69 Å². The van der Waals surface area contributed by atoms with Crippen molar-refractivity contribution in [2.75, 3.05) is 0 Å². The van der Waals surface area contributed by atoms with Crippen LogP contribution in [-0.2, 0) is 11.8 Å². The van der Waals surface area contributed by atoms with Crippen LogP contribution in [0, 0.1) is 12.8 Å². The van der Waals surface area contributed by atoms with E-state index in [1.54, 1.807) is 0 Å². The Hall–Kier alpha value is -1.12. The lowest BCUT2D eigenvalue weighted by atomic mass is 9.90. The second-order valence-corrected chi connectivity index (χ2v) is 4.09.